The molecule has 0 saturated carbocycles. The van der Waals surface area contributed by atoms with Crippen LogP contribution in [0, 0.1) is 17.8 Å². The summed E-state index contributed by atoms with van der Waals surface area (Å²) in [5.41, 5.74) is 4.50. The van der Waals surface area contributed by atoms with Crippen LogP contribution in [0.15, 0.2) is 48.5 Å². The molecule has 2 aromatic rings. The van der Waals surface area contributed by atoms with Gasteiger partial charge in [0.05, 0.1) is 5.92 Å². The maximum atomic E-state index is 12.7. The van der Waals surface area contributed by atoms with E-state index in [0.29, 0.717) is 0 Å². The molecule has 0 spiro atoms. The number of rotatable bonds is 9. The van der Waals surface area contributed by atoms with Crippen molar-refractivity contribution in [2.24, 2.45) is 17.8 Å². The summed E-state index contributed by atoms with van der Waals surface area (Å²) in [6.45, 7) is 7.36. The van der Waals surface area contributed by atoms with Gasteiger partial charge >= 0.3 is 12.1 Å². The minimum atomic E-state index is -0.962. The van der Waals surface area contributed by atoms with E-state index in [1.165, 1.54) is 0 Å². The Morgan fingerprint density at radius 3 is 1.94 bits per heavy atom. The van der Waals surface area contributed by atoms with Crippen molar-refractivity contribution in [1.82, 2.24) is 10.6 Å². The Balaban J connectivity index is 1.62. The van der Waals surface area contributed by atoms with Crippen LogP contribution in [0.1, 0.15) is 44.7 Å². The Morgan fingerprint density at radius 1 is 0.909 bits per heavy atom. The van der Waals surface area contributed by atoms with Crippen LogP contribution in [0.25, 0.3) is 11.1 Å². The van der Waals surface area contributed by atoms with Crippen LogP contribution in [0.3, 0.4) is 0 Å². The first-order valence-corrected chi connectivity index (χ1v) is 11.3. The van der Waals surface area contributed by atoms with Crippen LogP contribution in [0.4, 0.5) is 4.79 Å². The summed E-state index contributed by atoms with van der Waals surface area (Å²) in [5, 5.41) is 14.6. The standard InChI is InChI=1S/C26H32N2O5/c1-15(2)21(25(30)31)13-27-24(29)23(16(3)4)28-26(32)33-14-22-19-11-7-5-9-17(19)18-10-6-8-12-20(18)22/h5-12,15-16,21-23H,13-14H2,1-4H3,(H,27,29)(H,28,32)(H,30,31). The zero-order valence-corrected chi connectivity index (χ0v) is 19.5. The number of alkyl carbamates (subject to hydrolysis) is 1. The summed E-state index contributed by atoms with van der Waals surface area (Å²) in [6, 6.07) is 15.3. The number of ether oxygens (including phenoxy) is 1. The first kappa shape index (κ1) is 24.3. The highest BCUT2D eigenvalue weighted by Crippen LogP contribution is 2.44. The number of amides is 2. The van der Waals surface area contributed by atoms with Crippen LogP contribution < -0.4 is 10.6 Å². The fourth-order valence-electron chi connectivity index (χ4n) is 4.23. The zero-order valence-electron chi connectivity index (χ0n) is 19.5. The fraction of sp³-hybridized carbons (Fsp3) is 0.423. The Bertz CT molecular complexity index is 972. The summed E-state index contributed by atoms with van der Waals surface area (Å²) >= 11 is 0. The number of nitrogens with one attached hydrogen (secondary N) is 2. The second kappa shape index (κ2) is 10.5. The average Bonchev–Trinajstić information content (AvgIpc) is 3.09. The summed E-state index contributed by atoms with van der Waals surface area (Å²) in [5.74, 6) is -2.49. The van der Waals surface area contributed by atoms with Gasteiger partial charge in [0.2, 0.25) is 5.91 Å². The number of carbonyl (C=O) groups is 3. The summed E-state index contributed by atoms with van der Waals surface area (Å²) in [4.78, 5) is 36.7. The van der Waals surface area contributed by atoms with Crippen molar-refractivity contribution in [2.75, 3.05) is 13.2 Å². The Hall–Kier alpha value is -3.35. The molecule has 33 heavy (non-hydrogen) atoms. The molecule has 0 fully saturated rings. The molecule has 1 aliphatic carbocycles. The van der Waals surface area contributed by atoms with Gasteiger partial charge in [-0.3, -0.25) is 9.59 Å². The molecule has 2 amide bonds. The molecule has 3 rings (SSSR count). The minimum Gasteiger partial charge on any atom is -0.481 e. The number of benzene rings is 2. The number of hydrogen-bond donors (Lipinski definition) is 3. The number of aliphatic carboxylic acids is 1. The molecule has 0 heterocycles. The highest BCUT2D eigenvalue weighted by atomic mass is 16.5. The van der Waals surface area contributed by atoms with Gasteiger partial charge < -0.3 is 20.5 Å². The molecule has 0 bridgehead atoms. The molecule has 2 atom stereocenters. The molecule has 3 N–H and O–H groups in total. The predicted octanol–water partition coefficient (Wildman–Crippen LogP) is 4.02. The van der Waals surface area contributed by atoms with Gasteiger partial charge in [0, 0.05) is 12.5 Å². The SMILES string of the molecule is CC(C)C(CNC(=O)C(NC(=O)OCC1c2ccccc2-c2ccccc21)C(C)C)C(=O)O. The lowest BCUT2D eigenvalue weighted by Crippen LogP contribution is -2.51. The third-order valence-corrected chi connectivity index (χ3v) is 6.18. The smallest absolute Gasteiger partial charge is 0.407 e. The molecule has 0 aliphatic heterocycles. The molecule has 176 valence electrons. The highest BCUT2D eigenvalue weighted by Gasteiger charge is 2.31. The normalized spacial score (nSPS) is 14.4. The van der Waals surface area contributed by atoms with Gasteiger partial charge in [0.15, 0.2) is 0 Å². The maximum Gasteiger partial charge on any atom is 0.407 e. The van der Waals surface area contributed by atoms with Crippen molar-refractivity contribution >= 4 is 18.0 Å². The number of carboxylic acid groups (broad SMARTS) is 1. The van der Waals surface area contributed by atoms with Crippen molar-refractivity contribution in [1.29, 1.82) is 0 Å². The first-order chi connectivity index (χ1) is 15.7. The molecular formula is C26H32N2O5. The summed E-state index contributed by atoms with van der Waals surface area (Å²) < 4.78 is 5.55. The lowest BCUT2D eigenvalue weighted by atomic mass is 9.95. The molecule has 1 aliphatic rings. The zero-order chi connectivity index (χ0) is 24.1. The fourth-order valence-corrected chi connectivity index (χ4v) is 4.23. The van der Waals surface area contributed by atoms with Crippen LogP contribution >= 0.6 is 0 Å². The Morgan fingerprint density at radius 2 is 1.45 bits per heavy atom. The van der Waals surface area contributed by atoms with E-state index in [1.54, 1.807) is 13.8 Å². The largest absolute Gasteiger partial charge is 0.481 e. The predicted molar refractivity (Wildman–Crippen MR) is 126 cm³/mol. The number of carboxylic acids is 1. The van der Waals surface area contributed by atoms with Crippen LogP contribution in [-0.4, -0.2) is 42.3 Å². The molecule has 0 saturated heterocycles. The summed E-state index contributed by atoms with van der Waals surface area (Å²) in [6.07, 6.45) is -0.677. The Kier molecular flexibility index (Phi) is 7.74. The topological polar surface area (TPSA) is 105 Å². The van der Waals surface area contributed by atoms with Gasteiger partial charge in [0.1, 0.15) is 12.6 Å². The van der Waals surface area contributed by atoms with Crippen molar-refractivity contribution < 1.29 is 24.2 Å². The van der Waals surface area contributed by atoms with E-state index in [-0.39, 0.29) is 30.9 Å². The van der Waals surface area contributed by atoms with Gasteiger partial charge in [-0.25, -0.2) is 4.79 Å². The van der Waals surface area contributed by atoms with Crippen LogP contribution in [0.2, 0.25) is 0 Å². The monoisotopic (exact) mass is 452 g/mol. The van der Waals surface area contributed by atoms with Gasteiger partial charge in [-0.05, 0) is 34.1 Å². The molecule has 2 aromatic carbocycles. The van der Waals surface area contributed by atoms with Crippen molar-refractivity contribution in [3.8, 4) is 11.1 Å². The first-order valence-electron chi connectivity index (χ1n) is 11.3. The maximum absolute atomic E-state index is 12.7. The van der Waals surface area contributed by atoms with E-state index in [2.05, 4.69) is 22.8 Å². The van der Waals surface area contributed by atoms with Gasteiger partial charge in [-0.2, -0.15) is 0 Å². The molecule has 0 aromatic heterocycles. The lowest BCUT2D eigenvalue weighted by Gasteiger charge is -2.24. The van der Waals surface area contributed by atoms with E-state index in [9.17, 15) is 19.5 Å². The average molecular weight is 453 g/mol. The highest BCUT2D eigenvalue weighted by molar-refractivity contribution is 5.86. The van der Waals surface area contributed by atoms with Crippen molar-refractivity contribution in [3.63, 3.8) is 0 Å². The van der Waals surface area contributed by atoms with Crippen LogP contribution in [0.5, 0.6) is 0 Å². The molecule has 7 heteroatoms. The number of hydrogen-bond acceptors (Lipinski definition) is 4. The van der Waals surface area contributed by atoms with Gasteiger partial charge in [-0.1, -0.05) is 76.2 Å². The second-order valence-corrected chi connectivity index (χ2v) is 9.13. The molecule has 0 radical (unpaired) electrons. The Labute approximate surface area is 194 Å². The second-order valence-electron chi connectivity index (χ2n) is 9.13. The van der Waals surface area contributed by atoms with E-state index < -0.39 is 29.9 Å². The minimum absolute atomic E-state index is 0.00141. The van der Waals surface area contributed by atoms with E-state index >= 15 is 0 Å². The summed E-state index contributed by atoms with van der Waals surface area (Å²) in [7, 11) is 0. The number of fused-ring (bicyclic) bond motifs is 3. The van der Waals surface area contributed by atoms with E-state index in [4.69, 9.17) is 4.74 Å². The van der Waals surface area contributed by atoms with Crippen molar-refractivity contribution in [2.45, 2.75) is 39.7 Å². The van der Waals surface area contributed by atoms with E-state index in [0.717, 1.165) is 22.3 Å². The number of carbonyl (C=O) groups excluding carboxylic acids is 2. The quantitative estimate of drug-likeness (QED) is 0.533. The van der Waals surface area contributed by atoms with Gasteiger partial charge in [-0.15, -0.1) is 0 Å². The van der Waals surface area contributed by atoms with E-state index in [1.807, 2.05) is 50.2 Å². The van der Waals surface area contributed by atoms with Crippen LogP contribution in [-0.2, 0) is 14.3 Å². The third-order valence-electron chi connectivity index (χ3n) is 6.18. The molecular weight excluding hydrogens is 420 g/mol. The third kappa shape index (κ3) is 5.53. The van der Waals surface area contributed by atoms with Crippen molar-refractivity contribution in [3.05, 3.63) is 59.7 Å². The van der Waals surface area contributed by atoms with Gasteiger partial charge in [0.25, 0.3) is 0 Å². The molecule has 7 nitrogen and oxygen atoms in total. The molecule has 2 unspecified atom stereocenters. The lowest BCUT2D eigenvalue weighted by molar-refractivity contribution is -0.143.